The molecule has 5 rings (SSSR count). The Morgan fingerprint density at radius 1 is 0.774 bits per heavy atom. The van der Waals surface area contributed by atoms with Crippen molar-refractivity contribution >= 4 is 0 Å². The van der Waals surface area contributed by atoms with Gasteiger partial charge in [0.1, 0.15) is 0 Å². The second kappa shape index (κ2) is 7.22. The number of methoxy groups -OCH3 is 4. The fraction of sp³-hybridized carbons (Fsp3) is 0.400. The van der Waals surface area contributed by atoms with E-state index >= 15 is 0 Å². The van der Waals surface area contributed by atoms with Gasteiger partial charge in [0.25, 0.3) is 0 Å². The molecule has 1 aromatic heterocycles. The number of aromatic nitrogens is 2. The average molecular weight is 422 g/mol. The summed E-state index contributed by atoms with van der Waals surface area (Å²) in [5.41, 5.74) is 9.87. The molecule has 6 nitrogen and oxygen atoms in total. The van der Waals surface area contributed by atoms with Crippen molar-refractivity contribution in [3.8, 4) is 45.5 Å². The maximum atomic E-state index is 5.70. The molecule has 0 saturated heterocycles. The van der Waals surface area contributed by atoms with Crippen LogP contribution >= 0.6 is 0 Å². The van der Waals surface area contributed by atoms with Crippen molar-refractivity contribution in [1.82, 2.24) is 4.57 Å². The van der Waals surface area contributed by atoms with Gasteiger partial charge in [-0.15, -0.1) is 0 Å². The number of ether oxygens (including phenoxy) is 4. The van der Waals surface area contributed by atoms with E-state index in [0.29, 0.717) is 0 Å². The molecule has 2 aliphatic heterocycles. The van der Waals surface area contributed by atoms with Crippen molar-refractivity contribution in [1.29, 1.82) is 0 Å². The van der Waals surface area contributed by atoms with Crippen molar-refractivity contribution in [2.24, 2.45) is 0 Å². The predicted molar refractivity (Wildman–Crippen MR) is 119 cm³/mol. The lowest BCUT2D eigenvalue weighted by atomic mass is 9.87. The highest BCUT2D eigenvalue weighted by atomic mass is 16.5. The highest BCUT2D eigenvalue weighted by molar-refractivity contribution is 5.85. The Bertz CT molecular complexity index is 1120. The molecule has 31 heavy (non-hydrogen) atoms. The first-order valence-corrected chi connectivity index (χ1v) is 10.7. The fourth-order valence-electron chi connectivity index (χ4n) is 5.42. The topological polar surface area (TPSA) is 45.7 Å². The van der Waals surface area contributed by atoms with E-state index in [0.717, 1.165) is 60.1 Å². The first kappa shape index (κ1) is 19.8. The maximum Gasteiger partial charge on any atom is 0.244 e. The molecule has 0 fully saturated rings. The predicted octanol–water partition coefficient (Wildman–Crippen LogP) is 3.87. The van der Waals surface area contributed by atoms with E-state index in [1.54, 1.807) is 28.4 Å². The third-order valence-corrected chi connectivity index (χ3v) is 6.88. The Kier molecular flexibility index (Phi) is 4.61. The molecule has 2 aliphatic rings. The molecule has 0 unspecified atom stereocenters. The number of aryl methyl sites for hydroxylation is 2. The van der Waals surface area contributed by atoms with Crippen molar-refractivity contribution in [3.05, 3.63) is 40.7 Å². The SMILES string of the molecule is COc1cc2c(c(C)c1OC)CCn1c[n+]3c(c1-2)-c1cc(OC)c(OC)c(C)c1CC3. The van der Waals surface area contributed by atoms with Gasteiger partial charge >= 0.3 is 0 Å². The number of imidazole rings is 1. The van der Waals surface area contributed by atoms with E-state index in [2.05, 4.69) is 41.4 Å². The van der Waals surface area contributed by atoms with Gasteiger partial charge in [-0.1, -0.05) is 0 Å². The summed E-state index contributed by atoms with van der Waals surface area (Å²) in [5, 5.41) is 0. The largest absolute Gasteiger partial charge is 0.493 e. The van der Waals surface area contributed by atoms with Crippen LogP contribution in [-0.4, -0.2) is 33.0 Å². The molecule has 0 atom stereocenters. The number of rotatable bonds is 4. The Morgan fingerprint density at radius 2 is 1.35 bits per heavy atom. The number of fused-ring (bicyclic) bond motifs is 7. The fourth-order valence-corrected chi connectivity index (χ4v) is 5.42. The van der Waals surface area contributed by atoms with Crippen LogP contribution in [0.2, 0.25) is 0 Å². The lowest BCUT2D eigenvalue weighted by molar-refractivity contribution is -0.687. The number of benzene rings is 2. The van der Waals surface area contributed by atoms with Crippen molar-refractivity contribution < 1.29 is 23.5 Å². The van der Waals surface area contributed by atoms with Crippen LogP contribution in [-0.2, 0) is 25.9 Å². The van der Waals surface area contributed by atoms with E-state index in [1.807, 2.05) is 0 Å². The molecule has 0 bridgehead atoms. The minimum atomic E-state index is 0.770. The van der Waals surface area contributed by atoms with Crippen LogP contribution in [0.5, 0.6) is 23.0 Å². The van der Waals surface area contributed by atoms with Crippen LogP contribution in [0.25, 0.3) is 22.5 Å². The first-order valence-electron chi connectivity index (χ1n) is 10.7. The van der Waals surface area contributed by atoms with E-state index in [1.165, 1.54) is 33.6 Å². The normalized spacial score (nSPS) is 13.6. The third kappa shape index (κ3) is 2.67. The van der Waals surface area contributed by atoms with Crippen LogP contribution in [0.15, 0.2) is 18.5 Å². The van der Waals surface area contributed by atoms with Crippen LogP contribution < -0.4 is 23.5 Å². The molecular weight excluding hydrogens is 392 g/mol. The van der Waals surface area contributed by atoms with Gasteiger partial charge in [0, 0.05) is 24.0 Å². The second-order valence-corrected chi connectivity index (χ2v) is 8.23. The van der Waals surface area contributed by atoms with Gasteiger partial charge in [-0.25, -0.2) is 9.13 Å². The van der Waals surface area contributed by atoms with Crippen LogP contribution in [0.1, 0.15) is 22.3 Å². The zero-order chi connectivity index (χ0) is 21.9. The van der Waals surface area contributed by atoms with Crippen LogP contribution in [0, 0.1) is 13.8 Å². The van der Waals surface area contributed by atoms with Gasteiger partial charge < -0.3 is 18.9 Å². The van der Waals surface area contributed by atoms with Crippen LogP contribution in [0.4, 0.5) is 0 Å². The molecule has 6 heteroatoms. The Balaban J connectivity index is 1.82. The Labute approximate surface area is 182 Å². The monoisotopic (exact) mass is 421 g/mol. The van der Waals surface area contributed by atoms with Gasteiger partial charge in [-0.3, -0.25) is 0 Å². The molecule has 2 aromatic carbocycles. The molecule has 0 aliphatic carbocycles. The van der Waals surface area contributed by atoms with E-state index in [9.17, 15) is 0 Å². The van der Waals surface area contributed by atoms with Gasteiger partial charge in [-0.2, -0.15) is 0 Å². The summed E-state index contributed by atoms with van der Waals surface area (Å²) in [5.74, 6) is 3.19. The van der Waals surface area contributed by atoms with Gasteiger partial charge in [0.15, 0.2) is 34.4 Å². The highest BCUT2D eigenvalue weighted by Crippen LogP contribution is 2.47. The van der Waals surface area contributed by atoms with Crippen molar-refractivity contribution in [2.75, 3.05) is 28.4 Å². The van der Waals surface area contributed by atoms with Crippen LogP contribution in [0.3, 0.4) is 0 Å². The van der Waals surface area contributed by atoms with E-state index in [4.69, 9.17) is 18.9 Å². The molecule has 3 heterocycles. The third-order valence-electron chi connectivity index (χ3n) is 6.88. The average Bonchev–Trinajstić information content (AvgIpc) is 3.18. The van der Waals surface area contributed by atoms with Gasteiger partial charge in [0.05, 0.1) is 41.5 Å². The maximum absolute atomic E-state index is 5.70. The summed E-state index contributed by atoms with van der Waals surface area (Å²) in [4.78, 5) is 0. The van der Waals surface area contributed by atoms with Gasteiger partial charge in [-0.05, 0) is 48.2 Å². The zero-order valence-electron chi connectivity index (χ0n) is 19.1. The summed E-state index contributed by atoms with van der Waals surface area (Å²) >= 11 is 0. The Morgan fingerprint density at radius 3 is 1.94 bits per heavy atom. The summed E-state index contributed by atoms with van der Waals surface area (Å²) in [6.45, 7) is 6.15. The smallest absolute Gasteiger partial charge is 0.244 e. The molecule has 162 valence electrons. The minimum Gasteiger partial charge on any atom is -0.493 e. The lowest BCUT2D eigenvalue weighted by Gasteiger charge is -2.23. The van der Waals surface area contributed by atoms with Gasteiger partial charge in [0.2, 0.25) is 6.33 Å². The molecule has 0 N–H and O–H groups in total. The summed E-state index contributed by atoms with van der Waals surface area (Å²) in [7, 11) is 6.81. The summed E-state index contributed by atoms with van der Waals surface area (Å²) in [6.07, 6.45) is 4.20. The quantitative estimate of drug-likeness (QED) is 0.600. The molecule has 0 spiro atoms. The second-order valence-electron chi connectivity index (χ2n) is 8.23. The summed E-state index contributed by atoms with van der Waals surface area (Å²) < 4.78 is 27.5. The molecule has 3 aromatic rings. The minimum absolute atomic E-state index is 0.770. The van der Waals surface area contributed by atoms with Crippen molar-refractivity contribution in [3.63, 3.8) is 0 Å². The summed E-state index contributed by atoms with van der Waals surface area (Å²) in [6, 6.07) is 4.27. The first-order chi connectivity index (χ1) is 15.0. The lowest BCUT2D eigenvalue weighted by Crippen LogP contribution is -2.38. The Hall–Kier alpha value is -3.15. The zero-order valence-corrected chi connectivity index (χ0v) is 19.1. The van der Waals surface area contributed by atoms with E-state index < -0.39 is 0 Å². The molecule has 0 radical (unpaired) electrons. The number of hydrogen-bond acceptors (Lipinski definition) is 4. The highest BCUT2D eigenvalue weighted by Gasteiger charge is 2.37. The number of nitrogens with zero attached hydrogens (tertiary/aromatic N) is 2. The molecule has 0 saturated carbocycles. The molecule has 0 amide bonds. The van der Waals surface area contributed by atoms with E-state index in [-0.39, 0.29) is 0 Å². The number of hydrogen-bond donors (Lipinski definition) is 0. The molecular formula is C25H29N2O4+. The standard InChI is InChI=1S/C25H29N2O4/c1-14-16-7-9-26-13-27-10-8-17-15(2)25(31-6)21(29-4)12-19(17)23(27)22(26)18(16)11-20(28-3)24(14)30-5/h11-13H,7-10H2,1-6H3/q+1. The van der Waals surface area contributed by atoms with Crippen molar-refractivity contribution in [2.45, 2.75) is 39.8 Å².